The minimum absolute atomic E-state index is 1.09. The van der Waals surface area contributed by atoms with E-state index >= 15 is 0 Å². The molecule has 0 heterocycles. The summed E-state index contributed by atoms with van der Waals surface area (Å²) in [7, 11) is 0. The van der Waals surface area contributed by atoms with Crippen LogP contribution < -0.4 is 19.6 Å². The Morgan fingerprint density at radius 3 is 0.500 bits per heavy atom. The van der Waals surface area contributed by atoms with Crippen molar-refractivity contribution in [3.05, 3.63) is 275 Å². The molecule has 0 bridgehead atoms. The molecule has 0 atom stereocenters. The zero-order valence-electron chi connectivity index (χ0n) is 43.7. The van der Waals surface area contributed by atoms with E-state index in [-0.39, 0.29) is 0 Å². The molecule has 4 heteroatoms. The van der Waals surface area contributed by atoms with Gasteiger partial charge in [-0.2, -0.15) is 0 Å². The summed E-state index contributed by atoms with van der Waals surface area (Å²) in [5.74, 6) is 0. The third-order valence-electron chi connectivity index (χ3n) is 14.7. The Balaban J connectivity index is 0.977. The van der Waals surface area contributed by atoms with Crippen molar-refractivity contribution in [3.63, 3.8) is 0 Å². The van der Waals surface area contributed by atoms with Crippen LogP contribution in [-0.4, -0.2) is 0 Å². The Hall–Kier alpha value is -8.86. The van der Waals surface area contributed by atoms with Gasteiger partial charge in [-0.05, 0) is 234 Å². The molecule has 4 nitrogen and oxygen atoms in total. The number of anilines is 12. The fraction of sp³-hybridized carbons (Fsp3) is 0.114. The van der Waals surface area contributed by atoms with Crippen LogP contribution in [0.15, 0.2) is 231 Å². The van der Waals surface area contributed by atoms with E-state index in [1.54, 1.807) is 0 Å². The van der Waals surface area contributed by atoms with Gasteiger partial charge >= 0.3 is 0 Å². The Kier molecular flexibility index (Phi) is 12.8. The van der Waals surface area contributed by atoms with E-state index in [0.717, 1.165) is 68.2 Å². The topological polar surface area (TPSA) is 13.0 Å². The van der Waals surface area contributed by atoms with E-state index in [0.29, 0.717) is 0 Å². The molecule has 0 N–H and O–H groups in total. The predicted molar refractivity (Wildman–Crippen MR) is 318 cm³/mol. The Morgan fingerprint density at radius 2 is 0.311 bits per heavy atom. The van der Waals surface area contributed by atoms with Crippen LogP contribution in [0.1, 0.15) is 44.5 Å². The lowest BCUT2D eigenvalue weighted by Gasteiger charge is -2.29. The highest BCUT2D eigenvalue weighted by molar-refractivity contribution is 6.12. The molecule has 11 aromatic carbocycles. The van der Waals surface area contributed by atoms with Gasteiger partial charge in [0.25, 0.3) is 0 Å². The van der Waals surface area contributed by atoms with E-state index in [2.05, 4.69) is 306 Å². The largest absolute Gasteiger partial charge is 0.311 e. The lowest BCUT2D eigenvalue weighted by Crippen LogP contribution is -2.12. The van der Waals surface area contributed by atoms with E-state index in [1.807, 2.05) is 0 Å². The van der Waals surface area contributed by atoms with Gasteiger partial charge in [-0.25, -0.2) is 0 Å². The lowest BCUT2D eigenvalue weighted by molar-refractivity contribution is 1.25. The maximum Gasteiger partial charge on any atom is 0.0468 e. The van der Waals surface area contributed by atoms with Crippen molar-refractivity contribution < 1.29 is 0 Å². The predicted octanol–water partition coefficient (Wildman–Crippen LogP) is 20.3. The van der Waals surface area contributed by atoms with Crippen LogP contribution in [0.25, 0.3) is 21.5 Å². The third kappa shape index (κ3) is 9.39. The Morgan fingerprint density at radius 1 is 0.162 bits per heavy atom. The molecule has 0 unspecified atom stereocenters. The standard InChI is InChI=1S/C70H62N4/c1-47-9-21-55(22-10-47)71(56-23-11-48(2)12-24-56)61-33-37-63(38-34-61)73(59-29-17-51(5)18-30-59)65-41-43-67-68-44-42-66(46-70(68)54(8)53(7)69(67)45-65)74(60-31-19-52(6)20-32-60)64-39-35-62(36-40-64)72(57-25-13-49(3)14-26-57)58-27-15-50(4)16-28-58/h9-46H,1-8H3. The first kappa shape index (κ1) is 47.5. The smallest absolute Gasteiger partial charge is 0.0468 e. The van der Waals surface area contributed by atoms with Crippen molar-refractivity contribution in [3.8, 4) is 0 Å². The molecule has 0 fully saturated rings. The second kappa shape index (κ2) is 20.0. The van der Waals surface area contributed by atoms with Crippen molar-refractivity contribution >= 4 is 89.8 Å². The lowest BCUT2D eigenvalue weighted by atomic mass is 9.92. The molecular formula is C70H62N4. The number of benzene rings is 11. The number of rotatable bonds is 12. The molecule has 362 valence electrons. The van der Waals surface area contributed by atoms with Crippen LogP contribution in [0.5, 0.6) is 0 Å². The third-order valence-corrected chi connectivity index (χ3v) is 14.7. The first-order chi connectivity index (χ1) is 35.9. The van der Waals surface area contributed by atoms with Crippen molar-refractivity contribution in [2.24, 2.45) is 0 Å². The first-order valence-electron chi connectivity index (χ1n) is 25.7. The van der Waals surface area contributed by atoms with E-state index in [1.165, 1.54) is 66.1 Å². The van der Waals surface area contributed by atoms with Gasteiger partial charge in [-0.3, -0.25) is 0 Å². The number of hydrogen-bond acceptors (Lipinski definition) is 4. The van der Waals surface area contributed by atoms with Crippen molar-refractivity contribution in [1.82, 2.24) is 0 Å². The van der Waals surface area contributed by atoms with Crippen LogP contribution in [0.4, 0.5) is 68.2 Å². The molecule has 0 aliphatic rings. The summed E-state index contributed by atoms with van der Waals surface area (Å²) in [6.45, 7) is 17.4. The molecule has 74 heavy (non-hydrogen) atoms. The van der Waals surface area contributed by atoms with Crippen LogP contribution >= 0.6 is 0 Å². The van der Waals surface area contributed by atoms with Gasteiger partial charge in [0, 0.05) is 68.2 Å². The Bertz CT molecular complexity index is 3400. The molecule has 0 saturated carbocycles. The summed E-state index contributed by atoms with van der Waals surface area (Å²) in [6.07, 6.45) is 0. The second-order valence-electron chi connectivity index (χ2n) is 20.1. The van der Waals surface area contributed by atoms with Gasteiger partial charge < -0.3 is 19.6 Å². The molecule has 0 aromatic heterocycles. The number of hydrogen-bond donors (Lipinski definition) is 0. The van der Waals surface area contributed by atoms with Crippen molar-refractivity contribution in [2.45, 2.75) is 55.4 Å². The molecule has 0 amide bonds. The SMILES string of the molecule is Cc1ccc(N(c2ccc(C)cc2)c2ccc(N(c3ccc(C)cc3)c3ccc4c(c3)c(C)c(C)c3cc(N(c5ccc(C)cc5)c5ccc(N(c6ccc(C)cc6)c6ccc(C)cc6)cc5)ccc34)cc2)cc1. The Labute approximate surface area is 437 Å². The van der Waals surface area contributed by atoms with Gasteiger partial charge in [0.2, 0.25) is 0 Å². The van der Waals surface area contributed by atoms with Gasteiger partial charge in [0.05, 0.1) is 0 Å². The molecule has 11 rings (SSSR count). The van der Waals surface area contributed by atoms with E-state index < -0.39 is 0 Å². The normalized spacial score (nSPS) is 11.2. The van der Waals surface area contributed by atoms with Gasteiger partial charge in [0.1, 0.15) is 0 Å². The summed E-state index contributed by atoms with van der Waals surface area (Å²) >= 11 is 0. The van der Waals surface area contributed by atoms with Crippen LogP contribution in [-0.2, 0) is 0 Å². The highest BCUT2D eigenvalue weighted by Crippen LogP contribution is 2.45. The summed E-state index contributed by atoms with van der Waals surface area (Å²) in [4.78, 5) is 9.44. The summed E-state index contributed by atoms with van der Waals surface area (Å²) in [5.41, 5.74) is 23.3. The van der Waals surface area contributed by atoms with Crippen LogP contribution in [0.3, 0.4) is 0 Å². The quantitative estimate of drug-likeness (QED) is 0.113. The molecule has 11 aromatic rings. The number of aryl methyl sites for hydroxylation is 8. The first-order valence-corrected chi connectivity index (χ1v) is 25.7. The monoisotopic (exact) mass is 958 g/mol. The van der Waals surface area contributed by atoms with Crippen molar-refractivity contribution in [1.29, 1.82) is 0 Å². The maximum absolute atomic E-state index is 2.39. The highest BCUT2D eigenvalue weighted by atomic mass is 15.2. The van der Waals surface area contributed by atoms with E-state index in [4.69, 9.17) is 0 Å². The van der Waals surface area contributed by atoms with Crippen LogP contribution in [0, 0.1) is 55.4 Å². The molecule has 0 saturated heterocycles. The highest BCUT2D eigenvalue weighted by Gasteiger charge is 2.21. The molecule has 0 radical (unpaired) electrons. The van der Waals surface area contributed by atoms with Gasteiger partial charge in [-0.15, -0.1) is 0 Å². The molecule has 0 aliphatic heterocycles. The fourth-order valence-corrected chi connectivity index (χ4v) is 10.3. The molecule has 0 spiro atoms. The second-order valence-corrected chi connectivity index (χ2v) is 20.1. The summed E-state index contributed by atoms with van der Waals surface area (Å²) in [5, 5.41) is 4.97. The van der Waals surface area contributed by atoms with Crippen molar-refractivity contribution in [2.75, 3.05) is 19.6 Å². The van der Waals surface area contributed by atoms with Gasteiger partial charge in [0.15, 0.2) is 0 Å². The minimum Gasteiger partial charge on any atom is -0.311 e. The molecular weight excluding hydrogens is 897 g/mol. The molecule has 0 aliphatic carbocycles. The zero-order chi connectivity index (χ0) is 51.0. The van der Waals surface area contributed by atoms with Crippen LogP contribution in [0.2, 0.25) is 0 Å². The average molecular weight is 959 g/mol. The summed E-state index contributed by atoms with van der Waals surface area (Å²) < 4.78 is 0. The minimum atomic E-state index is 1.09. The zero-order valence-corrected chi connectivity index (χ0v) is 43.7. The van der Waals surface area contributed by atoms with Gasteiger partial charge in [-0.1, -0.05) is 118 Å². The number of fused-ring (bicyclic) bond motifs is 3. The summed E-state index contributed by atoms with van der Waals surface area (Å²) in [6, 6.07) is 84.9. The number of nitrogens with zero attached hydrogens (tertiary/aromatic N) is 4. The average Bonchev–Trinajstić information content (AvgIpc) is 3.43. The fourth-order valence-electron chi connectivity index (χ4n) is 10.3. The van der Waals surface area contributed by atoms with E-state index in [9.17, 15) is 0 Å². The maximum atomic E-state index is 2.39.